The van der Waals surface area contributed by atoms with Gasteiger partial charge in [0.2, 0.25) is 0 Å². The van der Waals surface area contributed by atoms with Crippen LogP contribution in [0.3, 0.4) is 0 Å². The summed E-state index contributed by atoms with van der Waals surface area (Å²) in [6.45, 7) is 0. The first-order valence-electron chi connectivity index (χ1n) is 19.8. The van der Waals surface area contributed by atoms with Gasteiger partial charge in [-0.25, -0.2) is 0 Å². The quantitative estimate of drug-likeness (QED) is 0.178. The van der Waals surface area contributed by atoms with Crippen molar-refractivity contribution in [2.75, 3.05) is 19.6 Å². The summed E-state index contributed by atoms with van der Waals surface area (Å²) >= 11 is 0. The first-order valence-corrected chi connectivity index (χ1v) is 19.8. The Kier molecular flexibility index (Phi) is 7.20. The molecule has 2 aliphatic rings. The molecule has 58 heavy (non-hydrogen) atoms. The Labute approximate surface area is 337 Å². The van der Waals surface area contributed by atoms with E-state index in [0.717, 1.165) is 57.1 Å². The maximum Gasteiger partial charge on any atom is 0.166 e. The van der Waals surface area contributed by atoms with Gasteiger partial charge in [0.25, 0.3) is 0 Å². The Morgan fingerprint density at radius 2 is 0.397 bits per heavy atom. The second-order valence-electron chi connectivity index (χ2n) is 15.1. The molecule has 10 aromatic rings. The van der Waals surface area contributed by atoms with E-state index in [1.807, 2.05) is 0 Å². The lowest BCUT2D eigenvalue weighted by Gasteiger charge is -2.34. The van der Waals surface area contributed by atoms with E-state index in [4.69, 9.17) is 0 Å². The molecule has 4 nitrogen and oxygen atoms in total. The molecule has 0 radical (unpaired) electrons. The molecule has 0 unspecified atom stereocenters. The molecule has 0 amide bonds. The van der Waals surface area contributed by atoms with Crippen LogP contribution < -0.4 is 19.6 Å². The van der Waals surface area contributed by atoms with E-state index >= 15 is 0 Å². The predicted octanol–water partition coefficient (Wildman–Crippen LogP) is 14.7. The zero-order chi connectivity index (χ0) is 38.2. The van der Waals surface area contributed by atoms with Crippen LogP contribution in [0.2, 0.25) is 0 Å². The average molecular weight is 741 g/mol. The van der Waals surface area contributed by atoms with Crippen molar-refractivity contribution in [3.63, 3.8) is 0 Å². The van der Waals surface area contributed by atoms with Crippen molar-refractivity contribution < 1.29 is 0 Å². The average Bonchev–Trinajstić information content (AvgIpc) is 3.81. The summed E-state index contributed by atoms with van der Waals surface area (Å²) in [6.07, 6.45) is 0. The van der Waals surface area contributed by atoms with Gasteiger partial charge in [-0.3, -0.25) is 19.6 Å². The van der Waals surface area contributed by atoms with Gasteiger partial charge in [0, 0.05) is 22.7 Å². The molecule has 0 saturated heterocycles. The lowest BCUT2D eigenvalue weighted by molar-refractivity contribution is 1.01. The SMILES string of the molecule is c1ccc2c(c1)N(c1ccc3ccccc3c1)C(=C1N(c3ccc4ccccc4c3)c3ccccc3N1c1ccc3ccccc3c1)N2c1ccc2ccccc2c1. The molecule has 0 aromatic heterocycles. The molecule has 0 spiro atoms. The molecule has 0 aliphatic carbocycles. The number of nitrogens with zero attached hydrogens (tertiary/aromatic N) is 4. The Balaban J connectivity index is 1.23. The van der Waals surface area contributed by atoms with Crippen molar-refractivity contribution in [2.24, 2.45) is 0 Å². The van der Waals surface area contributed by atoms with Crippen LogP contribution in [-0.2, 0) is 0 Å². The highest BCUT2D eigenvalue weighted by Gasteiger charge is 2.44. The van der Waals surface area contributed by atoms with Crippen LogP contribution in [0.25, 0.3) is 43.1 Å². The molecule has 0 atom stereocenters. The fourth-order valence-corrected chi connectivity index (χ4v) is 9.05. The van der Waals surface area contributed by atoms with Crippen molar-refractivity contribution in [1.29, 1.82) is 0 Å². The molecule has 272 valence electrons. The molecular weight excluding hydrogens is 705 g/mol. The lowest BCUT2D eigenvalue weighted by Crippen LogP contribution is -2.33. The second-order valence-corrected chi connectivity index (χ2v) is 15.1. The van der Waals surface area contributed by atoms with E-state index in [0.29, 0.717) is 0 Å². The highest BCUT2D eigenvalue weighted by Crippen LogP contribution is 2.57. The van der Waals surface area contributed by atoms with Gasteiger partial charge < -0.3 is 0 Å². The largest absolute Gasteiger partial charge is 0.291 e. The highest BCUT2D eigenvalue weighted by atomic mass is 15.5. The van der Waals surface area contributed by atoms with Gasteiger partial charge in [-0.15, -0.1) is 0 Å². The minimum Gasteiger partial charge on any atom is -0.291 e. The van der Waals surface area contributed by atoms with Crippen LogP contribution in [0.5, 0.6) is 0 Å². The van der Waals surface area contributed by atoms with E-state index in [-0.39, 0.29) is 0 Å². The van der Waals surface area contributed by atoms with E-state index < -0.39 is 0 Å². The summed E-state index contributed by atoms with van der Waals surface area (Å²) in [4.78, 5) is 9.89. The zero-order valence-corrected chi connectivity index (χ0v) is 31.6. The number of para-hydroxylation sites is 4. The van der Waals surface area contributed by atoms with E-state index in [2.05, 4.69) is 238 Å². The summed E-state index contributed by atoms with van der Waals surface area (Å²) < 4.78 is 0. The smallest absolute Gasteiger partial charge is 0.166 e. The fraction of sp³-hybridized carbons (Fsp3) is 0. The molecule has 0 saturated carbocycles. The lowest BCUT2D eigenvalue weighted by atomic mass is 10.1. The fourth-order valence-electron chi connectivity index (χ4n) is 9.05. The van der Waals surface area contributed by atoms with Crippen LogP contribution in [0.1, 0.15) is 0 Å². The molecule has 4 heteroatoms. The summed E-state index contributed by atoms with van der Waals surface area (Å²) in [5.41, 5.74) is 8.80. The van der Waals surface area contributed by atoms with Gasteiger partial charge >= 0.3 is 0 Å². The third-order valence-electron chi connectivity index (χ3n) is 11.7. The summed E-state index contributed by atoms with van der Waals surface area (Å²) in [5.74, 6) is 2.06. The van der Waals surface area contributed by atoms with Crippen molar-refractivity contribution in [3.8, 4) is 0 Å². The Bertz CT molecular complexity index is 2860. The topological polar surface area (TPSA) is 13.0 Å². The standard InChI is InChI=1S/C54H36N4/c1-5-17-41-33-45(29-25-37(41)13-1)55-49-21-9-10-22-50(49)56(46-30-26-38-14-2-6-18-42(38)34-46)53(55)54-57(47-31-27-39-15-3-7-19-43(39)35-47)51-23-11-12-24-52(51)58(54)48-32-28-40-16-4-8-20-44(40)36-48/h1-36H. The Morgan fingerprint density at radius 1 is 0.190 bits per heavy atom. The van der Waals surface area contributed by atoms with E-state index in [1.54, 1.807) is 0 Å². The van der Waals surface area contributed by atoms with Crippen molar-refractivity contribution >= 4 is 88.6 Å². The van der Waals surface area contributed by atoms with Crippen LogP contribution in [0.15, 0.2) is 230 Å². The number of hydrogen-bond acceptors (Lipinski definition) is 4. The number of hydrogen-bond donors (Lipinski definition) is 0. The minimum absolute atomic E-state index is 1.03. The normalized spacial score (nSPS) is 13.7. The zero-order valence-electron chi connectivity index (χ0n) is 31.6. The maximum atomic E-state index is 2.47. The predicted molar refractivity (Wildman–Crippen MR) is 244 cm³/mol. The number of fused-ring (bicyclic) bond motifs is 6. The van der Waals surface area contributed by atoms with Crippen molar-refractivity contribution in [3.05, 3.63) is 230 Å². The molecule has 0 fully saturated rings. The van der Waals surface area contributed by atoms with Gasteiger partial charge in [-0.05, 0) is 116 Å². The van der Waals surface area contributed by atoms with Crippen LogP contribution in [0.4, 0.5) is 45.5 Å². The number of anilines is 8. The van der Waals surface area contributed by atoms with E-state index in [9.17, 15) is 0 Å². The molecule has 10 aromatic carbocycles. The minimum atomic E-state index is 1.03. The number of benzene rings is 10. The van der Waals surface area contributed by atoms with E-state index in [1.165, 1.54) is 43.1 Å². The highest BCUT2D eigenvalue weighted by molar-refractivity contribution is 6.03. The van der Waals surface area contributed by atoms with Crippen LogP contribution in [-0.4, -0.2) is 0 Å². The third-order valence-corrected chi connectivity index (χ3v) is 11.7. The van der Waals surface area contributed by atoms with Gasteiger partial charge in [0.1, 0.15) is 0 Å². The molecule has 12 rings (SSSR count). The van der Waals surface area contributed by atoms with Crippen LogP contribution in [0, 0.1) is 0 Å². The molecule has 0 bridgehead atoms. The Hall–Kier alpha value is -7.82. The summed E-state index contributed by atoms with van der Waals surface area (Å²) in [6, 6.07) is 79.6. The molecule has 2 aliphatic heterocycles. The second kappa shape index (κ2) is 12.9. The van der Waals surface area contributed by atoms with Crippen LogP contribution >= 0.6 is 0 Å². The van der Waals surface area contributed by atoms with Crippen molar-refractivity contribution in [1.82, 2.24) is 0 Å². The molecule has 2 heterocycles. The molecular formula is C54H36N4. The van der Waals surface area contributed by atoms with Gasteiger partial charge in [0.05, 0.1) is 22.7 Å². The summed E-state index contributed by atoms with van der Waals surface area (Å²) in [5, 5.41) is 9.62. The molecule has 0 N–H and O–H groups in total. The number of rotatable bonds is 4. The first kappa shape index (κ1) is 32.4. The first-order chi connectivity index (χ1) is 28.8. The van der Waals surface area contributed by atoms with Gasteiger partial charge in [-0.2, -0.15) is 0 Å². The van der Waals surface area contributed by atoms with Gasteiger partial charge in [-0.1, -0.05) is 146 Å². The Morgan fingerprint density at radius 3 is 0.638 bits per heavy atom. The monoisotopic (exact) mass is 740 g/mol. The maximum absolute atomic E-state index is 2.47. The van der Waals surface area contributed by atoms with Gasteiger partial charge in [0.15, 0.2) is 11.6 Å². The summed E-state index contributed by atoms with van der Waals surface area (Å²) in [7, 11) is 0. The van der Waals surface area contributed by atoms with Crippen molar-refractivity contribution in [2.45, 2.75) is 0 Å². The third kappa shape index (κ3) is 5.02.